The molecule has 1 heterocycles. The van der Waals surface area contributed by atoms with E-state index >= 15 is 0 Å². The zero-order chi connectivity index (χ0) is 20.2. The summed E-state index contributed by atoms with van der Waals surface area (Å²) in [6, 6.07) is 9.65. The molecule has 0 aliphatic heterocycles. The Bertz CT molecular complexity index is 726. The van der Waals surface area contributed by atoms with Gasteiger partial charge in [-0.2, -0.15) is 0 Å². The van der Waals surface area contributed by atoms with Crippen LogP contribution in [0.15, 0.2) is 41.5 Å². The van der Waals surface area contributed by atoms with Gasteiger partial charge in [-0.1, -0.05) is 6.07 Å². The molecule has 152 valence electrons. The number of hydrogen-bond acceptors (Lipinski definition) is 5. The maximum atomic E-state index is 5.51. The Kier molecular flexibility index (Phi) is 8.91. The number of nitrogens with zero attached hydrogens (tertiary/aromatic N) is 2. The molecule has 0 atom stereocenters. The van der Waals surface area contributed by atoms with Crippen molar-refractivity contribution >= 4 is 5.96 Å². The van der Waals surface area contributed by atoms with Gasteiger partial charge in [-0.05, 0) is 25.5 Å². The molecule has 7 heteroatoms. The van der Waals surface area contributed by atoms with Crippen LogP contribution in [0.4, 0.5) is 0 Å². The molecule has 0 aliphatic rings. The summed E-state index contributed by atoms with van der Waals surface area (Å²) in [7, 11) is 4.92. The van der Waals surface area contributed by atoms with Gasteiger partial charge in [-0.3, -0.25) is 9.98 Å². The fraction of sp³-hybridized carbons (Fsp3) is 0.429. The van der Waals surface area contributed by atoms with Crippen LogP contribution in [0.1, 0.15) is 18.2 Å². The SMILES string of the molecule is CCNC(=NCCc1ccccn1)NCCc1c(OC)cc(OC)cc1OC. The van der Waals surface area contributed by atoms with Gasteiger partial charge in [0.15, 0.2) is 5.96 Å². The number of ether oxygens (including phenoxy) is 3. The molecule has 1 aromatic heterocycles. The number of nitrogens with one attached hydrogen (secondary N) is 2. The summed E-state index contributed by atoms with van der Waals surface area (Å²) in [5.41, 5.74) is 2.03. The molecule has 0 fully saturated rings. The Morgan fingerprint density at radius 3 is 2.32 bits per heavy atom. The van der Waals surface area contributed by atoms with E-state index in [0.717, 1.165) is 48.1 Å². The number of benzene rings is 1. The summed E-state index contributed by atoms with van der Waals surface area (Å²) < 4.78 is 16.3. The van der Waals surface area contributed by atoms with Crippen molar-refractivity contribution in [2.75, 3.05) is 41.0 Å². The second kappa shape index (κ2) is 11.7. The van der Waals surface area contributed by atoms with Crippen molar-refractivity contribution in [3.05, 3.63) is 47.8 Å². The van der Waals surface area contributed by atoms with Gasteiger partial charge in [0.25, 0.3) is 0 Å². The lowest BCUT2D eigenvalue weighted by Crippen LogP contribution is -2.38. The smallest absolute Gasteiger partial charge is 0.191 e. The van der Waals surface area contributed by atoms with E-state index in [1.807, 2.05) is 37.3 Å². The van der Waals surface area contributed by atoms with E-state index in [1.165, 1.54) is 0 Å². The third kappa shape index (κ3) is 6.33. The number of rotatable bonds is 10. The first-order chi connectivity index (χ1) is 13.7. The highest BCUT2D eigenvalue weighted by Crippen LogP contribution is 2.34. The van der Waals surface area contributed by atoms with E-state index in [-0.39, 0.29) is 0 Å². The normalized spacial score (nSPS) is 11.1. The number of aliphatic imine (C=N–C) groups is 1. The summed E-state index contributed by atoms with van der Waals surface area (Å²) >= 11 is 0. The highest BCUT2D eigenvalue weighted by Gasteiger charge is 2.13. The molecule has 0 amide bonds. The third-order valence-electron chi connectivity index (χ3n) is 4.19. The predicted octanol–water partition coefficient (Wildman–Crippen LogP) is 2.45. The molecule has 0 unspecified atom stereocenters. The fourth-order valence-electron chi connectivity index (χ4n) is 2.80. The number of hydrogen-bond donors (Lipinski definition) is 2. The zero-order valence-corrected chi connectivity index (χ0v) is 17.1. The summed E-state index contributed by atoms with van der Waals surface area (Å²) in [4.78, 5) is 8.95. The zero-order valence-electron chi connectivity index (χ0n) is 17.1. The van der Waals surface area contributed by atoms with Gasteiger partial charge in [-0.15, -0.1) is 0 Å². The van der Waals surface area contributed by atoms with E-state index in [2.05, 4.69) is 20.6 Å². The maximum Gasteiger partial charge on any atom is 0.191 e. The van der Waals surface area contributed by atoms with Gasteiger partial charge in [0.1, 0.15) is 17.2 Å². The summed E-state index contributed by atoms with van der Waals surface area (Å²) in [6.07, 6.45) is 3.33. The Morgan fingerprint density at radius 1 is 1.00 bits per heavy atom. The molecule has 7 nitrogen and oxygen atoms in total. The third-order valence-corrected chi connectivity index (χ3v) is 4.19. The number of guanidine groups is 1. The van der Waals surface area contributed by atoms with Crippen molar-refractivity contribution in [3.8, 4) is 17.2 Å². The highest BCUT2D eigenvalue weighted by atomic mass is 16.5. The molecule has 2 aromatic rings. The van der Waals surface area contributed by atoms with Gasteiger partial charge in [0.05, 0.1) is 21.3 Å². The molecule has 2 rings (SSSR count). The Labute approximate surface area is 167 Å². The fourth-order valence-corrected chi connectivity index (χ4v) is 2.80. The summed E-state index contributed by atoms with van der Waals surface area (Å²) in [5.74, 6) is 2.98. The lowest BCUT2D eigenvalue weighted by atomic mass is 10.1. The van der Waals surface area contributed by atoms with E-state index in [4.69, 9.17) is 14.2 Å². The number of pyridine rings is 1. The molecule has 0 spiro atoms. The quantitative estimate of drug-likeness (QED) is 0.482. The average Bonchev–Trinajstić information content (AvgIpc) is 2.74. The molecule has 1 aromatic carbocycles. The second-order valence-corrected chi connectivity index (χ2v) is 6.02. The summed E-state index contributed by atoms with van der Waals surface area (Å²) in [5, 5.41) is 6.63. The van der Waals surface area contributed by atoms with Crippen molar-refractivity contribution in [1.29, 1.82) is 0 Å². The van der Waals surface area contributed by atoms with Crippen LogP contribution in [0.5, 0.6) is 17.2 Å². The van der Waals surface area contributed by atoms with Crippen LogP contribution in [-0.2, 0) is 12.8 Å². The number of methoxy groups -OCH3 is 3. The first-order valence-corrected chi connectivity index (χ1v) is 9.42. The first kappa shape index (κ1) is 21.3. The van der Waals surface area contributed by atoms with Crippen LogP contribution in [0, 0.1) is 0 Å². The predicted molar refractivity (Wildman–Crippen MR) is 112 cm³/mol. The Balaban J connectivity index is 1.97. The molecular formula is C21H30N4O3. The van der Waals surface area contributed by atoms with Gasteiger partial charge < -0.3 is 24.8 Å². The lowest BCUT2D eigenvalue weighted by molar-refractivity contribution is 0.368. The van der Waals surface area contributed by atoms with Gasteiger partial charge in [0.2, 0.25) is 0 Å². The monoisotopic (exact) mass is 386 g/mol. The molecule has 2 N–H and O–H groups in total. The van der Waals surface area contributed by atoms with Crippen LogP contribution in [-0.4, -0.2) is 51.9 Å². The van der Waals surface area contributed by atoms with E-state index in [0.29, 0.717) is 18.8 Å². The Morgan fingerprint density at radius 2 is 1.75 bits per heavy atom. The largest absolute Gasteiger partial charge is 0.496 e. The topological polar surface area (TPSA) is 77.0 Å². The summed E-state index contributed by atoms with van der Waals surface area (Å²) in [6.45, 7) is 4.20. The minimum absolute atomic E-state index is 0.668. The minimum Gasteiger partial charge on any atom is -0.496 e. The van der Waals surface area contributed by atoms with Crippen LogP contribution < -0.4 is 24.8 Å². The second-order valence-electron chi connectivity index (χ2n) is 6.02. The molecule has 0 aliphatic carbocycles. The maximum absolute atomic E-state index is 5.51. The molecule has 0 radical (unpaired) electrons. The highest BCUT2D eigenvalue weighted by molar-refractivity contribution is 5.79. The molecule has 0 saturated heterocycles. The minimum atomic E-state index is 0.668. The molecule has 0 saturated carbocycles. The lowest BCUT2D eigenvalue weighted by Gasteiger charge is -2.16. The standard InChI is InChI=1S/C21H30N4O3/c1-5-22-21(24-12-9-16-8-6-7-11-23-16)25-13-10-18-19(27-3)14-17(26-2)15-20(18)28-4/h6-8,11,14-15H,5,9-10,12-13H2,1-4H3,(H2,22,24,25). The van der Waals surface area contributed by atoms with Gasteiger partial charge in [0, 0.05) is 55.6 Å². The van der Waals surface area contributed by atoms with Crippen LogP contribution in [0.25, 0.3) is 0 Å². The van der Waals surface area contributed by atoms with Crippen molar-refractivity contribution in [3.63, 3.8) is 0 Å². The average molecular weight is 386 g/mol. The molecular weight excluding hydrogens is 356 g/mol. The van der Waals surface area contributed by atoms with Crippen LogP contribution in [0.3, 0.4) is 0 Å². The Hall–Kier alpha value is -2.96. The molecule has 28 heavy (non-hydrogen) atoms. The van der Waals surface area contributed by atoms with E-state index in [9.17, 15) is 0 Å². The number of aromatic nitrogens is 1. The molecule has 0 bridgehead atoms. The van der Waals surface area contributed by atoms with Gasteiger partial charge >= 0.3 is 0 Å². The van der Waals surface area contributed by atoms with Crippen molar-refractivity contribution in [2.45, 2.75) is 19.8 Å². The van der Waals surface area contributed by atoms with Crippen molar-refractivity contribution < 1.29 is 14.2 Å². The van der Waals surface area contributed by atoms with E-state index in [1.54, 1.807) is 27.5 Å². The van der Waals surface area contributed by atoms with Crippen molar-refractivity contribution in [1.82, 2.24) is 15.6 Å². The van der Waals surface area contributed by atoms with Gasteiger partial charge in [-0.25, -0.2) is 0 Å². The van der Waals surface area contributed by atoms with Crippen LogP contribution in [0.2, 0.25) is 0 Å². The van der Waals surface area contributed by atoms with E-state index < -0.39 is 0 Å². The van der Waals surface area contributed by atoms with Crippen molar-refractivity contribution in [2.24, 2.45) is 4.99 Å². The van der Waals surface area contributed by atoms with Crippen LogP contribution >= 0.6 is 0 Å². The first-order valence-electron chi connectivity index (χ1n) is 9.42.